The van der Waals surface area contributed by atoms with Crippen molar-refractivity contribution < 1.29 is 19.0 Å². The van der Waals surface area contributed by atoms with Gasteiger partial charge in [0.1, 0.15) is 11.5 Å². The Morgan fingerprint density at radius 3 is 2.06 bits per heavy atom. The predicted molar refractivity (Wildman–Crippen MR) is 135 cm³/mol. The van der Waals surface area contributed by atoms with Crippen molar-refractivity contribution in [1.82, 2.24) is 9.78 Å². The zero-order chi connectivity index (χ0) is 24.9. The second-order valence-electron chi connectivity index (χ2n) is 7.63. The average Bonchev–Trinajstić information content (AvgIpc) is 3.25. The van der Waals surface area contributed by atoms with Gasteiger partial charge in [-0.05, 0) is 67.6 Å². The fourth-order valence-electron chi connectivity index (χ4n) is 3.74. The van der Waals surface area contributed by atoms with Crippen LogP contribution in [0, 0.1) is 0 Å². The number of esters is 1. The maximum atomic E-state index is 13.7. The van der Waals surface area contributed by atoms with Crippen LogP contribution in [0.25, 0.3) is 16.9 Å². The molecule has 3 aromatic carbocycles. The van der Waals surface area contributed by atoms with Gasteiger partial charge in [0.15, 0.2) is 0 Å². The number of nitrogens with zero attached hydrogens (tertiary/aromatic N) is 2. The van der Waals surface area contributed by atoms with Gasteiger partial charge in [0.2, 0.25) is 0 Å². The third-order valence-electron chi connectivity index (χ3n) is 5.56. The molecule has 8 nitrogen and oxygen atoms in total. The summed E-state index contributed by atoms with van der Waals surface area (Å²) in [7, 11) is 4.50. The zero-order valence-corrected chi connectivity index (χ0v) is 19.9. The van der Waals surface area contributed by atoms with Crippen molar-refractivity contribution in [3.05, 3.63) is 94.3 Å². The van der Waals surface area contributed by atoms with E-state index in [2.05, 4.69) is 10.1 Å². The van der Waals surface area contributed by atoms with Crippen molar-refractivity contribution in [1.29, 1.82) is 0 Å². The van der Waals surface area contributed by atoms with Crippen LogP contribution in [0.4, 0.5) is 5.69 Å². The fraction of sp³-hybridized carbons (Fsp3) is 0.148. The van der Waals surface area contributed by atoms with Gasteiger partial charge in [0.25, 0.3) is 5.56 Å². The van der Waals surface area contributed by atoms with Crippen molar-refractivity contribution >= 4 is 17.4 Å². The van der Waals surface area contributed by atoms with Crippen molar-refractivity contribution in [2.24, 2.45) is 4.99 Å². The molecule has 0 spiro atoms. The van der Waals surface area contributed by atoms with Gasteiger partial charge in [-0.3, -0.25) is 14.9 Å². The maximum Gasteiger partial charge on any atom is 0.340 e. The number of benzene rings is 3. The third kappa shape index (κ3) is 4.72. The Balaban J connectivity index is 1.90. The highest BCUT2D eigenvalue weighted by Gasteiger charge is 2.20. The van der Waals surface area contributed by atoms with E-state index in [1.165, 1.54) is 11.8 Å². The molecule has 0 amide bonds. The highest BCUT2D eigenvalue weighted by atomic mass is 16.5. The quantitative estimate of drug-likeness (QED) is 0.309. The van der Waals surface area contributed by atoms with E-state index in [-0.39, 0.29) is 5.56 Å². The first-order chi connectivity index (χ1) is 17.0. The van der Waals surface area contributed by atoms with Gasteiger partial charge >= 0.3 is 5.97 Å². The molecule has 4 rings (SSSR count). The van der Waals surface area contributed by atoms with Crippen LogP contribution >= 0.6 is 0 Å². The van der Waals surface area contributed by atoms with Crippen LogP contribution in [-0.4, -0.2) is 42.8 Å². The second kappa shape index (κ2) is 10.1. The summed E-state index contributed by atoms with van der Waals surface area (Å²) in [6.07, 6.45) is 0. The first-order valence-electron chi connectivity index (χ1n) is 10.8. The molecule has 8 heteroatoms. The number of H-pyrrole nitrogens is 1. The van der Waals surface area contributed by atoms with Crippen LogP contribution in [0.3, 0.4) is 0 Å². The maximum absolute atomic E-state index is 13.7. The Hall–Kier alpha value is -4.59. The lowest BCUT2D eigenvalue weighted by Crippen LogP contribution is -2.19. The SMILES string of the molecule is COC(=O)c1ccccc1N=C(C)c1c(-c2ccc(OC)cc2)[nH]n(-c2ccc(OC)cc2)c1=O. The molecular formula is C27H25N3O5. The molecule has 0 fully saturated rings. The summed E-state index contributed by atoms with van der Waals surface area (Å²) in [5.74, 6) is 0.878. The summed E-state index contributed by atoms with van der Waals surface area (Å²) in [6.45, 7) is 1.74. The van der Waals surface area contributed by atoms with Crippen LogP contribution in [0.15, 0.2) is 82.6 Å². The topological polar surface area (TPSA) is 94.9 Å². The lowest BCUT2D eigenvalue weighted by atomic mass is 10.0. The van der Waals surface area contributed by atoms with Crippen molar-refractivity contribution in [3.8, 4) is 28.4 Å². The molecular weight excluding hydrogens is 446 g/mol. The molecule has 0 aliphatic heterocycles. The molecule has 178 valence electrons. The van der Waals surface area contributed by atoms with Crippen molar-refractivity contribution in [2.75, 3.05) is 21.3 Å². The third-order valence-corrected chi connectivity index (χ3v) is 5.56. The van der Waals surface area contributed by atoms with E-state index in [1.807, 2.05) is 24.3 Å². The van der Waals surface area contributed by atoms with Crippen LogP contribution in [-0.2, 0) is 4.74 Å². The smallest absolute Gasteiger partial charge is 0.340 e. The number of nitrogens with one attached hydrogen (secondary N) is 1. The molecule has 0 radical (unpaired) electrons. The van der Waals surface area contributed by atoms with E-state index in [4.69, 9.17) is 14.2 Å². The number of aromatic amines is 1. The Morgan fingerprint density at radius 1 is 0.857 bits per heavy atom. The molecule has 1 aromatic heterocycles. The largest absolute Gasteiger partial charge is 0.497 e. The fourth-order valence-corrected chi connectivity index (χ4v) is 3.74. The molecule has 0 atom stereocenters. The van der Waals surface area contributed by atoms with Gasteiger partial charge in [-0.25, -0.2) is 9.48 Å². The van der Waals surface area contributed by atoms with Gasteiger partial charge in [0.05, 0.1) is 55.2 Å². The number of methoxy groups -OCH3 is 3. The minimum atomic E-state index is -0.503. The van der Waals surface area contributed by atoms with E-state index in [0.717, 1.165) is 5.56 Å². The molecule has 4 aromatic rings. The monoisotopic (exact) mass is 471 g/mol. The van der Waals surface area contributed by atoms with E-state index in [0.29, 0.717) is 45.4 Å². The molecule has 0 saturated carbocycles. The van der Waals surface area contributed by atoms with Gasteiger partial charge in [-0.2, -0.15) is 0 Å². The zero-order valence-electron chi connectivity index (χ0n) is 19.9. The first-order valence-corrected chi connectivity index (χ1v) is 10.8. The predicted octanol–water partition coefficient (Wildman–Crippen LogP) is 4.78. The molecule has 1 heterocycles. The van der Waals surface area contributed by atoms with Crippen LogP contribution in [0.2, 0.25) is 0 Å². The van der Waals surface area contributed by atoms with Crippen LogP contribution < -0.4 is 15.0 Å². The summed E-state index contributed by atoms with van der Waals surface area (Å²) >= 11 is 0. The number of hydrogen-bond acceptors (Lipinski definition) is 6. The highest BCUT2D eigenvalue weighted by molar-refractivity contribution is 6.06. The summed E-state index contributed by atoms with van der Waals surface area (Å²) in [5.41, 5.74) is 3.27. The molecule has 0 unspecified atom stereocenters. The van der Waals surface area contributed by atoms with E-state index < -0.39 is 5.97 Å². The van der Waals surface area contributed by atoms with E-state index in [9.17, 15) is 9.59 Å². The summed E-state index contributed by atoms with van der Waals surface area (Å²) in [5, 5.41) is 3.22. The number of ether oxygens (including phenoxy) is 3. The number of carbonyl (C=O) groups excluding carboxylic acids is 1. The number of rotatable bonds is 7. The normalized spacial score (nSPS) is 11.3. The van der Waals surface area contributed by atoms with Crippen molar-refractivity contribution in [2.45, 2.75) is 6.92 Å². The molecule has 35 heavy (non-hydrogen) atoms. The Morgan fingerprint density at radius 2 is 1.46 bits per heavy atom. The summed E-state index contributed by atoms with van der Waals surface area (Å²) < 4.78 is 16.8. The van der Waals surface area contributed by atoms with Gasteiger partial charge in [-0.15, -0.1) is 0 Å². The number of carbonyl (C=O) groups is 1. The lowest BCUT2D eigenvalue weighted by Gasteiger charge is -2.07. The van der Waals surface area contributed by atoms with E-state index in [1.54, 1.807) is 69.7 Å². The molecule has 1 N–H and O–H groups in total. The Bertz CT molecular complexity index is 1430. The van der Waals surface area contributed by atoms with Gasteiger partial charge < -0.3 is 14.2 Å². The van der Waals surface area contributed by atoms with Crippen molar-refractivity contribution in [3.63, 3.8) is 0 Å². The Kier molecular flexibility index (Phi) is 6.82. The number of aliphatic imine (C=N–C) groups is 1. The first kappa shape index (κ1) is 23.6. The van der Waals surface area contributed by atoms with Gasteiger partial charge in [0, 0.05) is 5.56 Å². The molecule has 0 bridgehead atoms. The summed E-state index contributed by atoms with van der Waals surface area (Å²) in [6, 6.07) is 21.4. The lowest BCUT2D eigenvalue weighted by molar-refractivity contribution is 0.0601. The molecule has 0 aliphatic carbocycles. The number of para-hydroxylation sites is 1. The average molecular weight is 472 g/mol. The van der Waals surface area contributed by atoms with Crippen LogP contribution in [0.1, 0.15) is 22.8 Å². The minimum Gasteiger partial charge on any atom is -0.497 e. The summed E-state index contributed by atoms with van der Waals surface area (Å²) in [4.78, 5) is 30.5. The molecule has 0 saturated heterocycles. The Labute approximate surface area is 202 Å². The second-order valence-corrected chi connectivity index (χ2v) is 7.63. The van der Waals surface area contributed by atoms with Crippen LogP contribution in [0.5, 0.6) is 11.5 Å². The molecule has 0 aliphatic rings. The van der Waals surface area contributed by atoms with E-state index >= 15 is 0 Å². The van der Waals surface area contributed by atoms with Gasteiger partial charge in [-0.1, -0.05) is 12.1 Å². The number of hydrogen-bond donors (Lipinski definition) is 1. The number of aromatic nitrogens is 2. The minimum absolute atomic E-state index is 0.280. The highest BCUT2D eigenvalue weighted by Crippen LogP contribution is 2.27. The standard InChI is InChI=1S/C27H25N3O5/c1-17(28-23-8-6-5-7-22(23)27(32)35-4)24-25(18-9-13-20(33-2)14-10-18)29-30(26(24)31)19-11-15-21(34-3)16-12-19/h5-16,29H,1-4H3.